The van der Waals surface area contributed by atoms with E-state index < -0.39 is 29.2 Å². The molecule has 108 valence electrons. The Morgan fingerprint density at radius 2 is 2.00 bits per heavy atom. The summed E-state index contributed by atoms with van der Waals surface area (Å²) < 4.78 is 5.49. The number of Topliss-reactive ketones (excluding diaryl/α,β-unsaturated/α-hetero) is 1. The van der Waals surface area contributed by atoms with Crippen LogP contribution in [-0.2, 0) is 19.1 Å². The molecule has 2 atom stereocenters. The summed E-state index contributed by atoms with van der Waals surface area (Å²) >= 11 is 0. The highest BCUT2D eigenvalue weighted by Crippen LogP contribution is 2.25. The fourth-order valence-corrected chi connectivity index (χ4v) is 2.14. The highest BCUT2D eigenvalue weighted by atomic mass is 16.5. The van der Waals surface area contributed by atoms with E-state index in [1.165, 1.54) is 0 Å². The van der Waals surface area contributed by atoms with Crippen LogP contribution in [-0.4, -0.2) is 35.8 Å². The molecule has 6 nitrogen and oxygen atoms in total. The van der Waals surface area contributed by atoms with E-state index in [2.05, 4.69) is 5.32 Å². The molecule has 1 saturated heterocycles. The van der Waals surface area contributed by atoms with E-state index in [0.717, 1.165) is 19.3 Å². The molecule has 1 fully saturated rings. The van der Waals surface area contributed by atoms with Crippen molar-refractivity contribution in [2.75, 3.05) is 6.61 Å². The summed E-state index contributed by atoms with van der Waals surface area (Å²) in [6.07, 6.45) is 3.40. The van der Waals surface area contributed by atoms with Gasteiger partial charge in [-0.2, -0.15) is 0 Å². The molecule has 3 N–H and O–H groups in total. The average Bonchev–Trinajstić information content (AvgIpc) is 2.58. The van der Waals surface area contributed by atoms with Crippen LogP contribution in [0, 0.1) is 0 Å². The second kappa shape index (κ2) is 6.77. The number of nitrogens with two attached hydrogens (primary N) is 1. The number of nitrogens with one attached hydrogen (secondary N) is 1. The predicted octanol–water partition coefficient (Wildman–Crippen LogP) is 0.285. The quantitative estimate of drug-likeness (QED) is 0.375. The van der Waals surface area contributed by atoms with Crippen molar-refractivity contribution in [3.63, 3.8) is 0 Å². The lowest BCUT2D eigenvalue weighted by molar-refractivity contribution is -0.158. The van der Waals surface area contributed by atoms with Crippen molar-refractivity contribution in [2.24, 2.45) is 5.73 Å². The lowest BCUT2D eigenvalue weighted by Gasteiger charge is -2.28. The molecule has 0 aromatic carbocycles. The Bertz CT molecular complexity index is 370. The van der Waals surface area contributed by atoms with Gasteiger partial charge in [-0.15, -0.1) is 0 Å². The lowest BCUT2D eigenvalue weighted by atomic mass is 9.89. The molecular formula is C13H22N2O4. The first kappa shape index (κ1) is 15.8. The van der Waals surface area contributed by atoms with Gasteiger partial charge in [0.25, 0.3) is 5.91 Å². The van der Waals surface area contributed by atoms with E-state index in [4.69, 9.17) is 10.5 Å². The second-order valence-electron chi connectivity index (χ2n) is 4.76. The summed E-state index contributed by atoms with van der Waals surface area (Å²) in [5, 5.41) is 2.09. The number of hydrogen-bond donors (Lipinski definition) is 2. The van der Waals surface area contributed by atoms with Gasteiger partial charge < -0.3 is 10.5 Å². The van der Waals surface area contributed by atoms with Crippen molar-refractivity contribution >= 4 is 17.6 Å². The van der Waals surface area contributed by atoms with Gasteiger partial charge in [0.05, 0.1) is 0 Å². The zero-order valence-electron chi connectivity index (χ0n) is 11.5. The minimum Gasteiger partial charge on any atom is -0.356 e. The van der Waals surface area contributed by atoms with Gasteiger partial charge in [-0.1, -0.05) is 26.7 Å². The minimum absolute atomic E-state index is 0.169. The van der Waals surface area contributed by atoms with Gasteiger partial charge in [-0.3, -0.25) is 19.7 Å². The predicted molar refractivity (Wildman–Crippen MR) is 69.2 cm³/mol. The van der Waals surface area contributed by atoms with Crippen LogP contribution in [0.3, 0.4) is 0 Å². The summed E-state index contributed by atoms with van der Waals surface area (Å²) in [5.41, 5.74) is 3.90. The van der Waals surface area contributed by atoms with Crippen LogP contribution in [0.1, 0.15) is 46.0 Å². The fraction of sp³-hybridized carbons (Fsp3) is 0.769. The van der Waals surface area contributed by atoms with Crippen LogP contribution in [0.4, 0.5) is 0 Å². The summed E-state index contributed by atoms with van der Waals surface area (Å²) in [4.78, 5) is 35.6. The topological polar surface area (TPSA) is 98.5 Å². The third kappa shape index (κ3) is 3.01. The highest BCUT2D eigenvalue weighted by molar-refractivity contribution is 6.23. The van der Waals surface area contributed by atoms with E-state index in [0.29, 0.717) is 6.42 Å². The van der Waals surface area contributed by atoms with Crippen LogP contribution < -0.4 is 11.1 Å². The number of imide groups is 1. The van der Waals surface area contributed by atoms with Gasteiger partial charge in [-0.05, 0) is 12.8 Å². The Morgan fingerprint density at radius 3 is 2.47 bits per heavy atom. The molecule has 0 spiro atoms. The number of carbonyl (C=O) groups excluding carboxylic acids is 3. The van der Waals surface area contributed by atoms with E-state index in [1.54, 1.807) is 0 Å². The van der Waals surface area contributed by atoms with E-state index in [-0.39, 0.29) is 13.0 Å². The Hall–Kier alpha value is -1.27. The van der Waals surface area contributed by atoms with E-state index >= 15 is 0 Å². The summed E-state index contributed by atoms with van der Waals surface area (Å²) in [7, 11) is 0. The molecule has 0 aromatic rings. The maximum absolute atomic E-state index is 12.2. The zero-order valence-corrected chi connectivity index (χ0v) is 11.5. The largest absolute Gasteiger partial charge is 0.356 e. The molecule has 0 radical (unpaired) electrons. The monoisotopic (exact) mass is 270 g/mol. The van der Waals surface area contributed by atoms with E-state index in [9.17, 15) is 14.4 Å². The highest BCUT2D eigenvalue weighted by Gasteiger charge is 2.59. The number of ether oxygens (including phenoxy) is 1. The molecular weight excluding hydrogens is 248 g/mol. The van der Waals surface area contributed by atoms with Crippen molar-refractivity contribution < 1.29 is 19.1 Å². The Morgan fingerprint density at radius 1 is 1.32 bits per heavy atom. The molecule has 19 heavy (non-hydrogen) atoms. The molecule has 2 unspecified atom stereocenters. The smallest absolute Gasteiger partial charge is 0.268 e. The Balaban J connectivity index is 2.87. The van der Waals surface area contributed by atoms with Crippen molar-refractivity contribution in [3.8, 4) is 0 Å². The van der Waals surface area contributed by atoms with Crippen LogP contribution in [0.15, 0.2) is 0 Å². The Kier molecular flexibility index (Phi) is 5.62. The molecule has 6 heteroatoms. The summed E-state index contributed by atoms with van der Waals surface area (Å²) in [5.74, 6) is -1.78. The van der Waals surface area contributed by atoms with Crippen LogP contribution in [0.2, 0.25) is 0 Å². The first-order valence-electron chi connectivity index (χ1n) is 6.78. The molecule has 0 aromatic heterocycles. The van der Waals surface area contributed by atoms with Crippen LogP contribution >= 0.6 is 0 Å². The van der Waals surface area contributed by atoms with Gasteiger partial charge in [0.1, 0.15) is 6.04 Å². The van der Waals surface area contributed by atoms with Crippen molar-refractivity contribution in [2.45, 2.75) is 57.6 Å². The first-order valence-corrected chi connectivity index (χ1v) is 6.78. The number of hydrogen-bond acceptors (Lipinski definition) is 5. The number of unbranched alkanes of at least 4 members (excludes halogenated alkanes) is 2. The summed E-state index contributed by atoms with van der Waals surface area (Å²) in [6.45, 7) is 4.11. The van der Waals surface area contributed by atoms with Gasteiger partial charge in [-0.25, -0.2) is 0 Å². The third-order valence-electron chi connectivity index (χ3n) is 3.26. The normalized spacial score (nSPS) is 26.6. The fourth-order valence-electron chi connectivity index (χ4n) is 2.14. The SMILES string of the molecule is CCCCCOC1(C(=O)CCC)C(=O)NC(=O)C1N. The molecule has 2 amide bonds. The molecule has 1 aliphatic heterocycles. The third-order valence-corrected chi connectivity index (χ3v) is 3.26. The number of carbonyl (C=O) groups is 3. The first-order chi connectivity index (χ1) is 9.00. The zero-order chi connectivity index (χ0) is 14.5. The van der Waals surface area contributed by atoms with Crippen LogP contribution in [0.5, 0.6) is 0 Å². The molecule has 1 heterocycles. The van der Waals surface area contributed by atoms with E-state index in [1.807, 2.05) is 13.8 Å². The number of amides is 2. The molecule has 1 aliphatic rings. The lowest BCUT2D eigenvalue weighted by Crippen LogP contribution is -2.58. The average molecular weight is 270 g/mol. The van der Waals surface area contributed by atoms with Gasteiger partial charge in [0, 0.05) is 13.0 Å². The minimum atomic E-state index is -1.82. The number of rotatable bonds is 8. The van der Waals surface area contributed by atoms with Crippen molar-refractivity contribution in [1.82, 2.24) is 5.32 Å². The maximum atomic E-state index is 12.2. The second-order valence-corrected chi connectivity index (χ2v) is 4.76. The summed E-state index contributed by atoms with van der Waals surface area (Å²) in [6, 6.07) is -1.25. The Labute approximate surface area is 113 Å². The standard InChI is InChI=1S/C13H22N2O4/c1-3-5-6-8-19-13(9(16)7-4-2)10(14)11(17)15-12(13)18/h10H,3-8,14H2,1-2H3,(H,15,17,18). The number of ketones is 1. The molecule has 0 saturated carbocycles. The van der Waals surface area contributed by atoms with Gasteiger partial charge in [0.2, 0.25) is 11.5 Å². The van der Waals surface area contributed by atoms with Crippen molar-refractivity contribution in [1.29, 1.82) is 0 Å². The van der Waals surface area contributed by atoms with Crippen LogP contribution in [0.25, 0.3) is 0 Å². The van der Waals surface area contributed by atoms with Gasteiger partial charge >= 0.3 is 0 Å². The van der Waals surface area contributed by atoms with Gasteiger partial charge in [0.15, 0.2) is 5.78 Å². The molecule has 1 rings (SSSR count). The van der Waals surface area contributed by atoms with Crippen molar-refractivity contribution in [3.05, 3.63) is 0 Å². The molecule has 0 aliphatic carbocycles. The maximum Gasteiger partial charge on any atom is 0.268 e. The molecule has 0 bridgehead atoms.